The number of carbonyl (C=O) groups is 1. The highest BCUT2D eigenvalue weighted by atomic mass is 16.6. The molecule has 1 fully saturated rings. The zero-order valence-corrected chi connectivity index (χ0v) is 18.3. The SMILES string of the molecule is [C-]#[N+]c1ccc(-c2cc3c(N4CCC[C@@H](NC(=O)OC(C)(C)C)C4)cccn3c2)cc1. The van der Waals surface area contributed by atoms with E-state index >= 15 is 0 Å². The van der Waals surface area contributed by atoms with E-state index in [1.54, 1.807) is 0 Å². The summed E-state index contributed by atoms with van der Waals surface area (Å²) in [5, 5.41) is 3.03. The van der Waals surface area contributed by atoms with Crippen molar-refractivity contribution in [1.29, 1.82) is 0 Å². The van der Waals surface area contributed by atoms with E-state index in [-0.39, 0.29) is 12.1 Å². The number of hydrogen-bond donors (Lipinski definition) is 1. The molecule has 1 atom stereocenters. The van der Waals surface area contributed by atoms with Crippen molar-refractivity contribution in [2.75, 3.05) is 18.0 Å². The number of anilines is 1. The Hall–Kier alpha value is -3.46. The normalized spacial score (nSPS) is 16.7. The minimum absolute atomic E-state index is 0.0551. The van der Waals surface area contributed by atoms with Gasteiger partial charge in [0.15, 0.2) is 5.69 Å². The van der Waals surface area contributed by atoms with Gasteiger partial charge in [-0.3, -0.25) is 0 Å². The molecule has 3 aromatic rings. The van der Waals surface area contributed by atoms with Gasteiger partial charge in [-0.15, -0.1) is 0 Å². The fourth-order valence-corrected chi connectivity index (χ4v) is 4.06. The Morgan fingerprint density at radius 1 is 1.19 bits per heavy atom. The lowest BCUT2D eigenvalue weighted by Crippen LogP contribution is -2.49. The summed E-state index contributed by atoms with van der Waals surface area (Å²) in [5.41, 5.74) is 4.63. The van der Waals surface area contributed by atoms with Crippen molar-refractivity contribution < 1.29 is 9.53 Å². The molecule has 1 saturated heterocycles. The smallest absolute Gasteiger partial charge is 0.407 e. The van der Waals surface area contributed by atoms with Gasteiger partial charge < -0.3 is 19.4 Å². The number of alkyl carbamates (subject to hydrolysis) is 1. The predicted molar refractivity (Wildman–Crippen MR) is 124 cm³/mol. The van der Waals surface area contributed by atoms with Gasteiger partial charge in [0.05, 0.1) is 17.8 Å². The van der Waals surface area contributed by atoms with Crippen LogP contribution >= 0.6 is 0 Å². The zero-order valence-electron chi connectivity index (χ0n) is 18.3. The molecule has 1 N–H and O–H groups in total. The molecule has 2 aromatic heterocycles. The first-order valence-corrected chi connectivity index (χ1v) is 10.7. The maximum Gasteiger partial charge on any atom is 0.407 e. The second-order valence-electron chi connectivity index (χ2n) is 9.00. The molecular formula is C25H28N4O2. The Bertz CT molecular complexity index is 1120. The fraction of sp³-hybridized carbons (Fsp3) is 0.360. The Balaban J connectivity index is 1.55. The topological polar surface area (TPSA) is 50.3 Å². The summed E-state index contributed by atoms with van der Waals surface area (Å²) in [6, 6.07) is 14.1. The quantitative estimate of drug-likeness (QED) is 0.561. The van der Waals surface area contributed by atoms with Crippen molar-refractivity contribution >= 4 is 23.0 Å². The van der Waals surface area contributed by atoms with E-state index in [1.165, 1.54) is 0 Å². The molecule has 4 rings (SSSR count). The third-order valence-electron chi connectivity index (χ3n) is 5.42. The molecule has 6 heteroatoms. The van der Waals surface area contributed by atoms with E-state index in [2.05, 4.69) is 50.1 Å². The second kappa shape index (κ2) is 8.35. The van der Waals surface area contributed by atoms with Crippen LogP contribution in [0.25, 0.3) is 21.5 Å². The lowest BCUT2D eigenvalue weighted by molar-refractivity contribution is 0.0500. The molecule has 0 aliphatic carbocycles. The van der Waals surface area contributed by atoms with Gasteiger partial charge in [-0.1, -0.05) is 24.3 Å². The van der Waals surface area contributed by atoms with E-state index in [0.717, 1.165) is 48.3 Å². The molecule has 1 amide bonds. The van der Waals surface area contributed by atoms with Gasteiger partial charge in [-0.05, 0) is 57.4 Å². The van der Waals surface area contributed by atoms with Crippen LogP contribution in [0.4, 0.5) is 16.2 Å². The summed E-state index contributed by atoms with van der Waals surface area (Å²) in [6.07, 6.45) is 5.76. The molecule has 1 aliphatic rings. The number of pyridine rings is 1. The standard InChI is InChI=1S/C25H28N4O2/c1-25(2,3)31-24(30)27-21-7-5-13-29(17-21)22-8-6-14-28-16-19(15-23(22)28)18-9-11-20(26-4)12-10-18/h6,8-12,14-16,21H,5,7,13,17H2,1-3H3,(H,27,30)/t21-/m1/s1. The molecule has 160 valence electrons. The number of hydrogen-bond acceptors (Lipinski definition) is 3. The Morgan fingerprint density at radius 3 is 2.68 bits per heavy atom. The van der Waals surface area contributed by atoms with Gasteiger partial charge in [-0.25, -0.2) is 9.64 Å². The Labute approximate surface area is 183 Å². The molecule has 31 heavy (non-hydrogen) atoms. The summed E-state index contributed by atoms with van der Waals surface area (Å²) in [5.74, 6) is 0. The number of amides is 1. The van der Waals surface area contributed by atoms with Crippen LogP contribution in [0.2, 0.25) is 0 Å². The highest BCUT2D eigenvalue weighted by Crippen LogP contribution is 2.31. The van der Waals surface area contributed by atoms with Gasteiger partial charge in [0, 0.05) is 37.1 Å². The van der Waals surface area contributed by atoms with Gasteiger partial charge in [0.25, 0.3) is 0 Å². The van der Waals surface area contributed by atoms with Crippen LogP contribution in [0.1, 0.15) is 33.6 Å². The molecule has 6 nitrogen and oxygen atoms in total. The van der Waals surface area contributed by atoms with E-state index in [4.69, 9.17) is 11.3 Å². The summed E-state index contributed by atoms with van der Waals surface area (Å²) in [4.78, 5) is 18.0. The van der Waals surface area contributed by atoms with Gasteiger partial charge in [-0.2, -0.15) is 0 Å². The average Bonchev–Trinajstić information content (AvgIpc) is 3.17. The maximum atomic E-state index is 12.2. The lowest BCUT2D eigenvalue weighted by Gasteiger charge is -2.35. The van der Waals surface area contributed by atoms with Crippen molar-refractivity contribution in [2.24, 2.45) is 0 Å². The largest absolute Gasteiger partial charge is 0.444 e. The van der Waals surface area contributed by atoms with E-state index in [9.17, 15) is 4.79 Å². The van der Waals surface area contributed by atoms with Crippen molar-refractivity contribution in [1.82, 2.24) is 9.72 Å². The van der Waals surface area contributed by atoms with Crippen molar-refractivity contribution in [3.05, 3.63) is 66.3 Å². The molecule has 0 unspecified atom stereocenters. The maximum absolute atomic E-state index is 12.2. The first-order valence-electron chi connectivity index (χ1n) is 10.7. The zero-order chi connectivity index (χ0) is 22.0. The van der Waals surface area contributed by atoms with Crippen LogP contribution in [0.3, 0.4) is 0 Å². The number of benzene rings is 1. The molecule has 1 aliphatic heterocycles. The van der Waals surface area contributed by atoms with Crippen LogP contribution < -0.4 is 10.2 Å². The molecule has 3 heterocycles. The number of nitrogens with one attached hydrogen (secondary N) is 1. The van der Waals surface area contributed by atoms with Crippen LogP contribution in [0.5, 0.6) is 0 Å². The summed E-state index contributed by atoms with van der Waals surface area (Å²) < 4.78 is 7.57. The number of nitrogens with zero attached hydrogens (tertiary/aromatic N) is 3. The molecule has 0 spiro atoms. The van der Waals surface area contributed by atoms with Gasteiger partial charge in [0.1, 0.15) is 5.60 Å². The number of fused-ring (bicyclic) bond motifs is 1. The number of aromatic nitrogens is 1. The molecular weight excluding hydrogens is 388 g/mol. The molecule has 1 aromatic carbocycles. The third kappa shape index (κ3) is 4.83. The Morgan fingerprint density at radius 2 is 1.97 bits per heavy atom. The van der Waals surface area contributed by atoms with Crippen LogP contribution in [0.15, 0.2) is 54.9 Å². The fourth-order valence-electron chi connectivity index (χ4n) is 4.06. The average molecular weight is 417 g/mol. The highest BCUT2D eigenvalue weighted by Gasteiger charge is 2.25. The monoisotopic (exact) mass is 416 g/mol. The van der Waals surface area contributed by atoms with Crippen molar-refractivity contribution in [3.63, 3.8) is 0 Å². The molecule has 0 bridgehead atoms. The summed E-state index contributed by atoms with van der Waals surface area (Å²) >= 11 is 0. The minimum atomic E-state index is -0.501. The second-order valence-corrected chi connectivity index (χ2v) is 9.00. The van der Waals surface area contributed by atoms with E-state index < -0.39 is 5.60 Å². The Kier molecular flexibility index (Phi) is 5.60. The summed E-state index contributed by atoms with van der Waals surface area (Å²) in [7, 11) is 0. The van der Waals surface area contributed by atoms with Crippen LogP contribution in [-0.4, -0.2) is 35.2 Å². The minimum Gasteiger partial charge on any atom is -0.444 e. The van der Waals surface area contributed by atoms with E-state index in [1.807, 2.05) is 45.0 Å². The number of carbonyl (C=O) groups excluding carboxylic acids is 1. The highest BCUT2D eigenvalue weighted by molar-refractivity contribution is 5.81. The number of ether oxygens (including phenoxy) is 1. The molecule has 0 saturated carbocycles. The predicted octanol–water partition coefficient (Wildman–Crippen LogP) is 5.65. The third-order valence-corrected chi connectivity index (χ3v) is 5.42. The molecule has 0 radical (unpaired) electrons. The first kappa shape index (κ1) is 20.8. The first-order chi connectivity index (χ1) is 14.8. The number of rotatable bonds is 3. The number of piperidine rings is 1. The summed E-state index contributed by atoms with van der Waals surface area (Å²) in [6.45, 7) is 14.5. The lowest BCUT2D eigenvalue weighted by atomic mass is 10.0. The van der Waals surface area contributed by atoms with Gasteiger partial charge in [0.2, 0.25) is 0 Å². The van der Waals surface area contributed by atoms with Crippen molar-refractivity contribution in [2.45, 2.75) is 45.3 Å². The van der Waals surface area contributed by atoms with Gasteiger partial charge >= 0.3 is 6.09 Å². The van der Waals surface area contributed by atoms with Crippen molar-refractivity contribution in [3.8, 4) is 11.1 Å². The van der Waals surface area contributed by atoms with Crippen LogP contribution in [0, 0.1) is 6.57 Å². The van der Waals surface area contributed by atoms with E-state index in [0.29, 0.717) is 5.69 Å². The van der Waals surface area contributed by atoms with Crippen LogP contribution in [-0.2, 0) is 4.74 Å².